The van der Waals surface area contributed by atoms with Crippen molar-refractivity contribution in [3.8, 4) is 5.82 Å². The summed E-state index contributed by atoms with van der Waals surface area (Å²) >= 11 is 0. The minimum Gasteiger partial charge on any atom is -0.391 e. The number of anilines is 1. The summed E-state index contributed by atoms with van der Waals surface area (Å²) in [4.78, 5) is 4.08. The normalized spacial score (nSPS) is 15.7. The number of aromatic nitrogens is 3. The van der Waals surface area contributed by atoms with E-state index in [2.05, 4.69) is 15.4 Å². The lowest BCUT2D eigenvalue weighted by Gasteiger charge is -2.16. The quantitative estimate of drug-likeness (QED) is 0.792. The monoisotopic (exact) mass is 386 g/mol. The zero-order valence-corrected chi connectivity index (χ0v) is 15.0. The first kappa shape index (κ1) is 18.7. The first-order chi connectivity index (χ1) is 12.3. The minimum atomic E-state index is -3.42. The van der Waals surface area contributed by atoms with Gasteiger partial charge in [0.15, 0.2) is 15.7 Å². The Kier molecular flexibility index (Phi) is 5.24. The molecular weight excluding hydrogens is 366 g/mol. The fraction of sp³-hybridized carbons (Fsp3) is 0.500. The van der Waals surface area contributed by atoms with Crippen LogP contribution in [-0.4, -0.2) is 40.6 Å². The molecule has 142 valence electrons. The molecule has 1 fully saturated rings. The third-order valence-corrected chi connectivity index (χ3v) is 5.54. The van der Waals surface area contributed by atoms with E-state index in [-0.39, 0.29) is 28.1 Å². The van der Waals surface area contributed by atoms with Crippen LogP contribution >= 0.6 is 0 Å². The van der Waals surface area contributed by atoms with Gasteiger partial charge < -0.3 is 10.4 Å². The number of hydrogen-bond acceptors (Lipinski definition) is 6. The van der Waals surface area contributed by atoms with E-state index in [1.54, 1.807) is 0 Å². The van der Waals surface area contributed by atoms with E-state index in [9.17, 15) is 22.3 Å². The second-order valence-corrected chi connectivity index (χ2v) is 8.35. The van der Waals surface area contributed by atoms with Gasteiger partial charge in [0.1, 0.15) is 11.5 Å². The number of halogens is 2. The summed E-state index contributed by atoms with van der Waals surface area (Å²) in [5.41, 5.74) is -0.483. The Hall–Kier alpha value is -2.07. The van der Waals surface area contributed by atoms with Crippen LogP contribution in [0.4, 0.5) is 14.6 Å². The maximum absolute atomic E-state index is 13.3. The highest BCUT2D eigenvalue weighted by Crippen LogP contribution is 2.32. The van der Waals surface area contributed by atoms with Crippen LogP contribution in [0.15, 0.2) is 23.2 Å². The van der Waals surface area contributed by atoms with Crippen molar-refractivity contribution in [3.05, 3.63) is 29.6 Å². The first-order valence-corrected chi connectivity index (χ1v) is 10.1. The van der Waals surface area contributed by atoms with E-state index in [0.29, 0.717) is 0 Å². The Morgan fingerprint density at radius 2 is 2.04 bits per heavy atom. The molecule has 0 unspecified atom stereocenters. The topological polar surface area (TPSA) is 97.1 Å². The van der Waals surface area contributed by atoms with Gasteiger partial charge in [-0.2, -0.15) is 9.78 Å². The van der Waals surface area contributed by atoms with E-state index >= 15 is 0 Å². The predicted molar refractivity (Wildman–Crippen MR) is 91.2 cm³/mol. The Morgan fingerprint density at radius 1 is 1.35 bits per heavy atom. The van der Waals surface area contributed by atoms with E-state index in [4.69, 9.17) is 0 Å². The average Bonchev–Trinajstić information content (AvgIpc) is 3.22. The van der Waals surface area contributed by atoms with Crippen LogP contribution in [0.2, 0.25) is 0 Å². The summed E-state index contributed by atoms with van der Waals surface area (Å²) in [6, 6.07) is 2.86. The van der Waals surface area contributed by atoms with E-state index < -0.39 is 28.6 Å². The summed E-state index contributed by atoms with van der Waals surface area (Å²) in [6.45, 7) is -0.587. The Balaban J connectivity index is 2.06. The second-order valence-electron chi connectivity index (χ2n) is 6.33. The molecule has 0 amide bonds. The first-order valence-electron chi connectivity index (χ1n) is 8.25. The molecule has 0 atom stereocenters. The fourth-order valence-corrected chi connectivity index (χ4v) is 3.65. The van der Waals surface area contributed by atoms with Gasteiger partial charge in [0.25, 0.3) is 6.43 Å². The number of aliphatic hydroxyl groups is 1. The van der Waals surface area contributed by atoms with Crippen LogP contribution in [0, 0.1) is 0 Å². The van der Waals surface area contributed by atoms with Crippen LogP contribution in [0.25, 0.3) is 5.82 Å². The molecule has 0 bridgehead atoms. The van der Waals surface area contributed by atoms with Crippen molar-refractivity contribution in [1.82, 2.24) is 14.8 Å². The van der Waals surface area contributed by atoms with Gasteiger partial charge in [0.05, 0.1) is 11.5 Å². The van der Waals surface area contributed by atoms with Crippen LogP contribution in [-0.2, 0) is 16.4 Å². The summed E-state index contributed by atoms with van der Waals surface area (Å²) in [5.74, 6) is 0.466. The molecule has 26 heavy (non-hydrogen) atoms. The summed E-state index contributed by atoms with van der Waals surface area (Å²) in [7, 11) is -3.42. The van der Waals surface area contributed by atoms with Crippen molar-refractivity contribution in [2.24, 2.45) is 0 Å². The highest BCUT2D eigenvalue weighted by atomic mass is 32.2. The van der Waals surface area contributed by atoms with Crippen LogP contribution in [0.3, 0.4) is 0 Å². The highest BCUT2D eigenvalue weighted by molar-refractivity contribution is 7.90. The zero-order valence-electron chi connectivity index (χ0n) is 14.2. The zero-order chi connectivity index (χ0) is 18.9. The maximum atomic E-state index is 13.3. The number of pyridine rings is 1. The summed E-state index contributed by atoms with van der Waals surface area (Å²) in [6.07, 6.45) is 3.27. The largest absolute Gasteiger partial charge is 0.391 e. The molecule has 2 aromatic heterocycles. The number of hydrogen-bond donors (Lipinski definition) is 2. The lowest BCUT2D eigenvalue weighted by molar-refractivity contribution is 0.141. The standard InChI is InChI=1S/C16H20F2N4O3S/c1-26(24,25)11-6-7-13(19-8-11)22-16(20-10-4-2-3-5-10)12(9-23)14(21-22)15(17)18/h6-8,10,15,20,23H,2-5,9H2,1H3. The molecule has 0 spiro atoms. The Morgan fingerprint density at radius 3 is 2.54 bits per heavy atom. The second kappa shape index (κ2) is 7.28. The maximum Gasteiger partial charge on any atom is 0.282 e. The lowest BCUT2D eigenvalue weighted by atomic mass is 10.2. The molecule has 1 aliphatic carbocycles. The van der Waals surface area contributed by atoms with Gasteiger partial charge in [-0.25, -0.2) is 22.2 Å². The molecule has 7 nitrogen and oxygen atoms in total. The molecule has 10 heteroatoms. The van der Waals surface area contributed by atoms with Gasteiger partial charge in [-0.15, -0.1) is 0 Å². The van der Waals surface area contributed by atoms with E-state index in [1.807, 2.05) is 0 Å². The Bertz CT molecular complexity index is 876. The molecular formula is C16H20F2N4O3S. The molecule has 2 heterocycles. The lowest BCUT2D eigenvalue weighted by Crippen LogP contribution is -2.19. The number of aliphatic hydroxyl groups excluding tert-OH is 1. The van der Waals surface area contributed by atoms with Crippen LogP contribution < -0.4 is 5.32 Å². The molecule has 2 aromatic rings. The van der Waals surface area contributed by atoms with Gasteiger partial charge in [-0.05, 0) is 25.0 Å². The summed E-state index contributed by atoms with van der Waals surface area (Å²) < 4.78 is 51.0. The van der Waals surface area contributed by atoms with Crippen molar-refractivity contribution in [2.75, 3.05) is 11.6 Å². The van der Waals surface area contributed by atoms with Crippen molar-refractivity contribution in [3.63, 3.8) is 0 Å². The number of alkyl halides is 2. The third kappa shape index (κ3) is 3.70. The smallest absolute Gasteiger partial charge is 0.282 e. The minimum absolute atomic E-state index is 0.0233. The molecule has 1 aliphatic rings. The van der Waals surface area contributed by atoms with E-state index in [0.717, 1.165) is 38.1 Å². The summed E-state index contributed by atoms with van der Waals surface area (Å²) in [5, 5.41) is 16.7. The molecule has 2 N–H and O–H groups in total. The van der Waals surface area contributed by atoms with Gasteiger partial charge >= 0.3 is 0 Å². The molecule has 0 radical (unpaired) electrons. The number of sulfone groups is 1. The highest BCUT2D eigenvalue weighted by Gasteiger charge is 2.27. The van der Waals surface area contributed by atoms with Crippen molar-refractivity contribution >= 4 is 15.7 Å². The van der Waals surface area contributed by atoms with Gasteiger partial charge in [0, 0.05) is 24.1 Å². The van der Waals surface area contributed by atoms with Crippen molar-refractivity contribution in [1.29, 1.82) is 0 Å². The molecule has 3 rings (SSSR count). The number of nitrogens with one attached hydrogen (secondary N) is 1. The van der Waals surface area contributed by atoms with E-state index in [1.165, 1.54) is 16.8 Å². The van der Waals surface area contributed by atoms with Crippen molar-refractivity contribution in [2.45, 2.75) is 49.7 Å². The SMILES string of the molecule is CS(=O)(=O)c1ccc(-n2nc(C(F)F)c(CO)c2NC2CCCC2)nc1. The predicted octanol–water partition coefficient (Wildman–Crippen LogP) is 2.46. The van der Waals surface area contributed by atoms with Gasteiger partial charge in [-0.3, -0.25) is 0 Å². The average molecular weight is 386 g/mol. The number of rotatable bonds is 6. The molecule has 0 saturated heterocycles. The van der Waals surface area contributed by atoms with Gasteiger partial charge in [0.2, 0.25) is 0 Å². The molecule has 0 aromatic carbocycles. The third-order valence-electron chi connectivity index (χ3n) is 4.44. The van der Waals surface area contributed by atoms with Crippen molar-refractivity contribution < 1.29 is 22.3 Å². The molecule has 1 saturated carbocycles. The number of nitrogens with zero attached hydrogens (tertiary/aromatic N) is 3. The van der Waals surface area contributed by atoms with Gasteiger partial charge in [-0.1, -0.05) is 12.8 Å². The molecule has 0 aliphatic heterocycles. The Labute approximate surface area is 150 Å². The van der Waals surface area contributed by atoms with Crippen LogP contribution in [0.5, 0.6) is 0 Å². The van der Waals surface area contributed by atoms with Crippen LogP contribution in [0.1, 0.15) is 43.4 Å². The fourth-order valence-electron chi connectivity index (χ4n) is 3.09.